The highest BCUT2D eigenvalue weighted by Gasteiger charge is 2.06. The maximum atomic E-state index is 11.7. The number of pyridine rings is 1. The Morgan fingerprint density at radius 2 is 2.32 bits per heavy atom. The van der Waals surface area contributed by atoms with Gasteiger partial charge in [0.15, 0.2) is 5.13 Å². The van der Waals surface area contributed by atoms with Crippen molar-refractivity contribution in [3.63, 3.8) is 0 Å². The number of thiazole rings is 1. The molecule has 2 heterocycles. The largest absolute Gasteiger partial charge is 0.314 e. The zero-order valence-electron chi connectivity index (χ0n) is 10.2. The molecule has 2 rings (SSSR count). The lowest BCUT2D eigenvalue weighted by atomic mass is 10.4. The average molecular weight is 342 g/mol. The van der Waals surface area contributed by atoms with Crippen molar-refractivity contribution in [3.8, 4) is 0 Å². The summed E-state index contributed by atoms with van der Waals surface area (Å²) in [5, 5.41) is 5.17. The topological polar surface area (TPSA) is 64.0 Å². The number of hydrogen-bond acceptors (Lipinski definition) is 4. The van der Waals surface area contributed by atoms with Crippen molar-refractivity contribution in [1.82, 2.24) is 9.55 Å². The Morgan fingerprint density at radius 1 is 1.53 bits per heavy atom. The summed E-state index contributed by atoms with van der Waals surface area (Å²) < 4.78 is 2.31. The van der Waals surface area contributed by atoms with E-state index in [0.717, 1.165) is 10.2 Å². The van der Waals surface area contributed by atoms with Crippen molar-refractivity contribution >= 4 is 38.3 Å². The zero-order valence-corrected chi connectivity index (χ0v) is 12.6. The number of nitrogens with one attached hydrogen (secondary N) is 1. The molecule has 0 atom stereocenters. The van der Waals surface area contributed by atoms with Gasteiger partial charge >= 0.3 is 0 Å². The third-order valence-electron chi connectivity index (χ3n) is 2.39. The predicted molar refractivity (Wildman–Crippen MR) is 78.5 cm³/mol. The molecule has 5 nitrogen and oxygen atoms in total. The van der Waals surface area contributed by atoms with Gasteiger partial charge < -0.3 is 9.88 Å². The highest BCUT2D eigenvalue weighted by Crippen LogP contribution is 2.14. The van der Waals surface area contributed by atoms with Gasteiger partial charge in [0.05, 0.1) is 5.69 Å². The second-order valence-electron chi connectivity index (χ2n) is 3.97. The van der Waals surface area contributed by atoms with Crippen LogP contribution in [0, 0.1) is 6.92 Å². The molecule has 0 bridgehead atoms. The average Bonchev–Trinajstić information content (AvgIpc) is 2.76. The lowest BCUT2D eigenvalue weighted by Crippen LogP contribution is -2.22. The summed E-state index contributed by atoms with van der Waals surface area (Å²) in [6, 6.07) is 3.14. The molecule has 0 aromatic carbocycles. The smallest absolute Gasteiger partial charge is 0.250 e. The van der Waals surface area contributed by atoms with E-state index in [-0.39, 0.29) is 17.9 Å². The van der Waals surface area contributed by atoms with Crippen molar-refractivity contribution in [2.24, 2.45) is 0 Å². The molecule has 19 heavy (non-hydrogen) atoms. The number of aryl methyl sites for hydroxylation is 2. The van der Waals surface area contributed by atoms with Crippen molar-refractivity contribution < 1.29 is 4.79 Å². The molecule has 0 saturated carbocycles. The maximum Gasteiger partial charge on any atom is 0.250 e. The molecule has 1 N–H and O–H groups in total. The van der Waals surface area contributed by atoms with Gasteiger partial charge in [0.25, 0.3) is 5.56 Å². The number of rotatable bonds is 4. The first-order valence-electron chi connectivity index (χ1n) is 5.62. The number of hydrogen-bond donors (Lipinski definition) is 1. The van der Waals surface area contributed by atoms with Crippen LogP contribution >= 0.6 is 27.3 Å². The summed E-state index contributed by atoms with van der Waals surface area (Å²) in [4.78, 5) is 27.4. The van der Waals surface area contributed by atoms with Crippen molar-refractivity contribution in [2.45, 2.75) is 19.9 Å². The normalized spacial score (nSPS) is 10.4. The third kappa shape index (κ3) is 4.00. The number of amides is 1. The number of aromatic nitrogens is 2. The fraction of sp³-hybridized carbons (Fsp3) is 0.250. The van der Waals surface area contributed by atoms with E-state index in [2.05, 4.69) is 26.2 Å². The molecule has 0 radical (unpaired) electrons. The predicted octanol–water partition coefficient (Wildman–Crippen LogP) is 2.40. The van der Waals surface area contributed by atoms with E-state index in [4.69, 9.17) is 0 Å². The van der Waals surface area contributed by atoms with Crippen LogP contribution in [0.5, 0.6) is 0 Å². The molecule has 0 aliphatic rings. The summed E-state index contributed by atoms with van der Waals surface area (Å²) in [5.74, 6) is -0.152. The number of carbonyl (C=O) groups is 1. The van der Waals surface area contributed by atoms with Gasteiger partial charge in [-0.25, -0.2) is 4.98 Å². The van der Waals surface area contributed by atoms with Crippen LogP contribution in [0.1, 0.15) is 12.1 Å². The third-order valence-corrected chi connectivity index (χ3v) is 3.74. The molecular weight excluding hydrogens is 330 g/mol. The minimum Gasteiger partial charge on any atom is -0.314 e. The van der Waals surface area contributed by atoms with E-state index in [1.807, 2.05) is 12.3 Å². The SMILES string of the molecule is Cc1csc(NC(=O)CCn2cc(Br)ccc2=O)n1. The molecule has 0 unspecified atom stereocenters. The van der Waals surface area contributed by atoms with Gasteiger partial charge in [0, 0.05) is 35.1 Å². The maximum absolute atomic E-state index is 11.7. The van der Waals surface area contributed by atoms with Crippen LogP contribution in [-0.4, -0.2) is 15.5 Å². The van der Waals surface area contributed by atoms with E-state index in [1.165, 1.54) is 22.0 Å². The van der Waals surface area contributed by atoms with Gasteiger partial charge in [-0.3, -0.25) is 9.59 Å². The fourth-order valence-corrected chi connectivity index (χ4v) is 2.58. The molecule has 0 saturated heterocycles. The van der Waals surface area contributed by atoms with Gasteiger partial charge in [0.2, 0.25) is 5.91 Å². The molecule has 2 aromatic rings. The molecular formula is C12H12BrN3O2S. The standard InChI is InChI=1S/C12H12BrN3O2S/c1-8-7-19-12(14-8)15-10(17)4-5-16-6-9(13)2-3-11(16)18/h2-3,6-7H,4-5H2,1H3,(H,14,15,17). The summed E-state index contributed by atoms with van der Waals surface area (Å²) in [6.07, 6.45) is 1.90. The van der Waals surface area contributed by atoms with Crippen LogP contribution in [0.15, 0.2) is 33.0 Å². The van der Waals surface area contributed by atoms with Gasteiger partial charge in [0.1, 0.15) is 0 Å². The van der Waals surface area contributed by atoms with Gasteiger partial charge in [-0.1, -0.05) is 0 Å². The lowest BCUT2D eigenvalue weighted by molar-refractivity contribution is -0.116. The molecule has 1 amide bonds. The minimum absolute atomic E-state index is 0.124. The van der Waals surface area contributed by atoms with E-state index in [1.54, 1.807) is 12.3 Å². The van der Waals surface area contributed by atoms with E-state index in [9.17, 15) is 9.59 Å². The summed E-state index contributed by atoms with van der Waals surface area (Å²) in [5.41, 5.74) is 0.754. The first-order valence-corrected chi connectivity index (χ1v) is 7.30. The van der Waals surface area contributed by atoms with Gasteiger partial charge in [-0.05, 0) is 28.9 Å². The molecule has 0 aliphatic heterocycles. The van der Waals surface area contributed by atoms with E-state index < -0.39 is 0 Å². The van der Waals surface area contributed by atoms with Crippen LogP contribution in [0.25, 0.3) is 0 Å². The number of nitrogens with zero attached hydrogens (tertiary/aromatic N) is 2. The van der Waals surface area contributed by atoms with Gasteiger partial charge in [-0.2, -0.15) is 0 Å². The van der Waals surface area contributed by atoms with E-state index in [0.29, 0.717) is 11.7 Å². The quantitative estimate of drug-likeness (QED) is 0.928. The van der Waals surface area contributed by atoms with Crippen LogP contribution in [0.4, 0.5) is 5.13 Å². The highest BCUT2D eigenvalue weighted by atomic mass is 79.9. The highest BCUT2D eigenvalue weighted by molar-refractivity contribution is 9.10. The van der Waals surface area contributed by atoms with Crippen LogP contribution in [0.3, 0.4) is 0 Å². The Balaban J connectivity index is 1.93. The Labute approximate surface area is 122 Å². The van der Waals surface area contributed by atoms with Crippen molar-refractivity contribution in [1.29, 1.82) is 0 Å². The first kappa shape index (κ1) is 14.0. The molecule has 100 valence electrons. The second-order valence-corrected chi connectivity index (χ2v) is 5.74. The second kappa shape index (κ2) is 6.12. The van der Waals surface area contributed by atoms with Crippen LogP contribution in [0.2, 0.25) is 0 Å². The summed E-state index contributed by atoms with van der Waals surface area (Å²) >= 11 is 4.68. The first-order chi connectivity index (χ1) is 9.04. The molecule has 0 aliphatic carbocycles. The Kier molecular flexibility index (Phi) is 4.49. The summed E-state index contributed by atoms with van der Waals surface area (Å²) in [7, 11) is 0. The number of anilines is 1. The summed E-state index contributed by atoms with van der Waals surface area (Å²) in [6.45, 7) is 2.21. The molecule has 0 fully saturated rings. The molecule has 2 aromatic heterocycles. The molecule has 0 spiro atoms. The Morgan fingerprint density at radius 3 is 3.00 bits per heavy atom. The van der Waals surface area contributed by atoms with Crippen LogP contribution < -0.4 is 10.9 Å². The van der Waals surface area contributed by atoms with Crippen molar-refractivity contribution in [3.05, 3.63) is 44.2 Å². The lowest BCUT2D eigenvalue weighted by Gasteiger charge is -2.05. The Bertz CT molecular complexity index is 650. The van der Waals surface area contributed by atoms with E-state index >= 15 is 0 Å². The number of halogens is 1. The minimum atomic E-state index is -0.152. The van der Waals surface area contributed by atoms with Crippen molar-refractivity contribution in [2.75, 3.05) is 5.32 Å². The van der Waals surface area contributed by atoms with Crippen LogP contribution in [-0.2, 0) is 11.3 Å². The Hall–Kier alpha value is -1.47. The fourth-order valence-electron chi connectivity index (χ4n) is 1.49. The zero-order chi connectivity index (χ0) is 13.8. The number of carbonyl (C=O) groups excluding carboxylic acids is 1. The van der Waals surface area contributed by atoms with Gasteiger partial charge in [-0.15, -0.1) is 11.3 Å². The molecule has 7 heteroatoms. The monoisotopic (exact) mass is 341 g/mol.